The summed E-state index contributed by atoms with van der Waals surface area (Å²) < 4.78 is 16.1. The largest absolute Gasteiger partial charge is 0.496 e. The molecule has 1 unspecified atom stereocenters. The average Bonchev–Trinajstić information content (AvgIpc) is 2.59. The minimum absolute atomic E-state index is 0.141. The summed E-state index contributed by atoms with van der Waals surface area (Å²) in [4.78, 5) is 12.7. The van der Waals surface area contributed by atoms with Crippen LogP contribution in [0, 0.1) is 0 Å². The van der Waals surface area contributed by atoms with E-state index in [0.29, 0.717) is 23.6 Å². The quantitative estimate of drug-likeness (QED) is 0.598. The molecule has 0 amide bonds. The number of methoxy groups -OCH3 is 3. The van der Waals surface area contributed by atoms with E-state index >= 15 is 0 Å². The molecule has 1 aromatic carbocycles. The van der Waals surface area contributed by atoms with Crippen molar-refractivity contribution in [2.24, 2.45) is 0 Å². The molecule has 0 bridgehead atoms. The predicted octanol–water partition coefficient (Wildman–Crippen LogP) is 0.787. The number of hydrogen-bond donors (Lipinski definition) is 2. The van der Waals surface area contributed by atoms with Gasteiger partial charge in [-0.15, -0.1) is 0 Å². The first-order chi connectivity index (χ1) is 10.7. The first-order valence-corrected chi connectivity index (χ1v) is 7.16. The van der Waals surface area contributed by atoms with E-state index < -0.39 is 0 Å². The Labute approximate surface area is 130 Å². The third kappa shape index (κ3) is 3.40. The van der Waals surface area contributed by atoms with E-state index in [1.807, 2.05) is 24.3 Å². The number of piperazine rings is 1. The van der Waals surface area contributed by atoms with E-state index in [-0.39, 0.29) is 17.6 Å². The lowest BCUT2D eigenvalue weighted by Crippen LogP contribution is -2.52. The molecule has 0 aliphatic carbocycles. The lowest BCUT2D eigenvalue weighted by atomic mass is 10.0. The molecule has 1 aliphatic heterocycles. The van der Waals surface area contributed by atoms with Gasteiger partial charge in [0.25, 0.3) is 0 Å². The predicted molar refractivity (Wildman–Crippen MR) is 83.6 cm³/mol. The summed E-state index contributed by atoms with van der Waals surface area (Å²) in [6, 6.07) is 7.03. The Morgan fingerprint density at radius 2 is 1.91 bits per heavy atom. The fraction of sp³-hybridized carbons (Fsp3) is 0.438. The smallest absolute Gasteiger partial charge is 0.219 e. The van der Waals surface area contributed by atoms with Gasteiger partial charge in [0, 0.05) is 19.6 Å². The van der Waals surface area contributed by atoms with Crippen molar-refractivity contribution in [2.45, 2.75) is 6.04 Å². The van der Waals surface area contributed by atoms with Crippen molar-refractivity contribution in [2.75, 3.05) is 41.0 Å². The molecule has 1 saturated heterocycles. The monoisotopic (exact) mass is 306 g/mol. The molecule has 120 valence electrons. The molecule has 1 heterocycles. The van der Waals surface area contributed by atoms with Crippen LogP contribution >= 0.6 is 0 Å². The van der Waals surface area contributed by atoms with Gasteiger partial charge in [-0.2, -0.15) is 0 Å². The number of ketones is 1. The Kier molecular flexibility index (Phi) is 5.80. The topological polar surface area (TPSA) is 68.8 Å². The Hall–Kier alpha value is -2.05. The maximum Gasteiger partial charge on any atom is 0.219 e. The molecule has 22 heavy (non-hydrogen) atoms. The Morgan fingerprint density at radius 3 is 2.50 bits per heavy atom. The summed E-state index contributed by atoms with van der Waals surface area (Å²) in [6.07, 6.45) is 0. The number of Topliss-reactive ketones (excluding diaryl/α,β-unsaturated/α-hetero) is 1. The molecule has 0 aromatic heterocycles. The van der Waals surface area contributed by atoms with Crippen molar-refractivity contribution in [3.8, 4) is 5.75 Å². The van der Waals surface area contributed by atoms with Crippen molar-refractivity contribution >= 4 is 11.5 Å². The standard InChI is InChI=1S/C16H22N2O4/c1-20-13-7-5-4-6-11(13)15(21-2)16(22-3)14(19)12-10-17-8-9-18-12/h4-7,12,17-18H,8-10H2,1-3H3. The van der Waals surface area contributed by atoms with Crippen LogP contribution in [0.25, 0.3) is 5.76 Å². The van der Waals surface area contributed by atoms with Gasteiger partial charge >= 0.3 is 0 Å². The second-order valence-electron chi connectivity index (χ2n) is 4.84. The maximum absolute atomic E-state index is 12.7. The highest BCUT2D eigenvalue weighted by molar-refractivity contribution is 6.03. The van der Waals surface area contributed by atoms with Crippen LogP contribution in [-0.2, 0) is 14.3 Å². The van der Waals surface area contributed by atoms with Gasteiger partial charge in [-0.05, 0) is 12.1 Å². The van der Waals surface area contributed by atoms with Gasteiger partial charge in [0.05, 0.1) is 32.9 Å². The molecule has 1 atom stereocenters. The molecule has 2 N–H and O–H groups in total. The van der Waals surface area contributed by atoms with Gasteiger partial charge in [0.1, 0.15) is 5.75 Å². The van der Waals surface area contributed by atoms with Crippen LogP contribution in [0.3, 0.4) is 0 Å². The normalized spacial score (nSPS) is 19.1. The van der Waals surface area contributed by atoms with Crippen LogP contribution in [-0.4, -0.2) is 52.8 Å². The third-order valence-electron chi connectivity index (χ3n) is 3.55. The van der Waals surface area contributed by atoms with Crippen molar-refractivity contribution in [3.05, 3.63) is 35.6 Å². The van der Waals surface area contributed by atoms with Gasteiger partial charge in [-0.3, -0.25) is 4.79 Å². The zero-order valence-corrected chi connectivity index (χ0v) is 13.1. The molecule has 6 nitrogen and oxygen atoms in total. The van der Waals surface area contributed by atoms with E-state index in [2.05, 4.69) is 10.6 Å². The zero-order valence-electron chi connectivity index (χ0n) is 13.1. The molecular formula is C16H22N2O4. The summed E-state index contributed by atoms with van der Waals surface area (Å²) in [5.41, 5.74) is 0.682. The van der Waals surface area contributed by atoms with Gasteiger partial charge < -0.3 is 24.8 Å². The molecule has 0 spiro atoms. The van der Waals surface area contributed by atoms with Crippen LogP contribution in [0.5, 0.6) is 5.75 Å². The highest BCUT2D eigenvalue weighted by atomic mass is 16.5. The van der Waals surface area contributed by atoms with Crippen molar-refractivity contribution in [1.82, 2.24) is 10.6 Å². The summed E-state index contributed by atoms with van der Waals surface area (Å²) in [7, 11) is 4.56. The summed E-state index contributed by atoms with van der Waals surface area (Å²) >= 11 is 0. The summed E-state index contributed by atoms with van der Waals surface area (Å²) in [6.45, 7) is 2.15. The molecular weight excluding hydrogens is 284 g/mol. The number of hydrogen-bond acceptors (Lipinski definition) is 6. The number of carbonyl (C=O) groups is 1. The number of nitrogens with one attached hydrogen (secondary N) is 2. The van der Waals surface area contributed by atoms with Crippen molar-refractivity contribution in [3.63, 3.8) is 0 Å². The SMILES string of the molecule is COC(C(=O)C1CNCCN1)=C(OC)c1ccccc1OC. The van der Waals surface area contributed by atoms with Crippen LogP contribution < -0.4 is 15.4 Å². The molecule has 0 radical (unpaired) electrons. The fourth-order valence-electron chi connectivity index (χ4n) is 2.46. The van der Waals surface area contributed by atoms with Crippen molar-refractivity contribution in [1.29, 1.82) is 0 Å². The summed E-state index contributed by atoms with van der Waals surface area (Å²) in [5.74, 6) is 1.04. The summed E-state index contributed by atoms with van der Waals surface area (Å²) in [5, 5.41) is 6.37. The molecule has 6 heteroatoms. The van der Waals surface area contributed by atoms with E-state index in [9.17, 15) is 4.79 Å². The first kappa shape index (κ1) is 16.3. The zero-order chi connectivity index (χ0) is 15.9. The molecule has 1 fully saturated rings. The second-order valence-corrected chi connectivity index (χ2v) is 4.84. The Morgan fingerprint density at radius 1 is 1.14 bits per heavy atom. The van der Waals surface area contributed by atoms with Gasteiger partial charge in [-0.25, -0.2) is 0 Å². The highest BCUT2D eigenvalue weighted by Gasteiger charge is 2.29. The highest BCUT2D eigenvalue weighted by Crippen LogP contribution is 2.29. The van der Waals surface area contributed by atoms with E-state index in [4.69, 9.17) is 14.2 Å². The van der Waals surface area contributed by atoms with Crippen molar-refractivity contribution < 1.29 is 19.0 Å². The molecule has 0 saturated carbocycles. The van der Waals surface area contributed by atoms with E-state index in [0.717, 1.165) is 13.1 Å². The fourth-order valence-corrected chi connectivity index (χ4v) is 2.46. The maximum atomic E-state index is 12.7. The van der Waals surface area contributed by atoms with E-state index in [1.165, 1.54) is 14.2 Å². The third-order valence-corrected chi connectivity index (χ3v) is 3.55. The molecule has 1 aromatic rings. The number of ether oxygens (including phenoxy) is 3. The van der Waals surface area contributed by atoms with Gasteiger partial charge in [-0.1, -0.05) is 12.1 Å². The minimum Gasteiger partial charge on any atom is -0.496 e. The molecule has 2 rings (SSSR count). The lowest BCUT2D eigenvalue weighted by molar-refractivity contribution is -0.120. The number of rotatable bonds is 6. The van der Waals surface area contributed by atoms with E-state index in [1.54, 1.807) is 7.11 Å². The Bertz CT molecular complexity index is 551. The lowest BCUT2D eigenvalue weighted by Gasteiger charge is -2.24. The van der Waals surface area contributed by atoms with Gasteiger partial charge in [0.2, 0.25) is 11.5 Å². The number of para-hydroxylation sites is 1. The van der Waals surface area contributed by atoms with Crippen LogP contribution in [0.4, 0.5) is 0 Å². The average molecular weight is 306 g/mol. The molecule has 1 aliphatic rings. The number of benzene rings is 1. The minimum atomic E-state index is -0.330. The first-order valence-electron chi connectivity index (χ1n) is 7.16. The Balaban J connectivity index is 2.41. The van der Waals surface area contributed by atoms with Gasteiger partial charge in [0.15, 0.2) is 5.76 Å². The van der Waals surface area contributed by atoms with Crippen LogP contribution in [0.2, 0.25) is 0 Å². The second kappa shape index (κ2) is 7.82. The number of carbonyl (C=O) groups excluding carboxylic acids is 1. The van der Waals surface area contributed by atoms with Crippen LogP contribution in [0.15, 0.2) is 30.0 Å². The van der Waals surface area contributed by atoms with Crippen LogP contribution in [0.1, 0.15) is 5.56 Å².